The summed E-state index contributed by atoms with van der Waals surface area (Å²) in [6.07, 6.45) is 0. The summed E-state index contributed by atoms with van der Waals surface area (Å²) in [6, 6.07) is 8.26. The molecule has 2 N–H and O–H groups in total. The molecule has 0 aliphatic heterocycles. The lowest BCUT2D eigenvalue weighted by molar-refractivity contribution is 0.302. The Morgan fingerprint density at radius 3 is 1.25 bits per heavy atom. The van der Waals surface area contributed by atoms with Gasteiger partial charge < -0.3 is 20.0 Å². The van der Waals surface area contributed by atoms with E-state index in [0.29, 0.717) is 13.1 Å². The number of aliphatic hydroxyl groups is 2. The maximum Gasteiger partial charge on any atom is 0.0606 e. The Bertz CT molecular complexity index is 303. The minimum Gasteiger partial charge on any atom is -0.395 e. The van der Waals surface area contributed by atoms with Crippen molar-refractivity contribution in [1.29, 1.82) is 0 Å². The van der Waals surface area contributed by atoms with Crippen LogP contribution < -0.4 is 9.80 Å². The standard InChI is InChI=1S/C14H24N2O2.2ClH/c1-3-15(9-11-17)13-5-7-14(8-6-13)16(4-2)10-12-18;;/h5-8,17-18H,3-4,9-12H2,1-2H3;2*1H. The van der Waals surface area contributed by atoms with Gasteiger partial charge in [-0.3, -0.25) is 0 Å². The number of hydrogen-bond donors (Lipinski definition) is 2. The SMILES string of the molecule is CCN(CCO)c1ccc(N(CC)CCO)cc1.Cl.Cl. The maximum atomic E-state index is 9.00. The highest BCUT2D eigenvalue weighted by atomic mass is 35.5. The van der Waals surface area contributed by atoms with Crippen LogP contribution in [0, 0.1) is 0 Å². The van der Waals surface area contributed by atoms with Crippen LogP contribution in [-0.4, -0.2) is 49.6 Å². The van der Waals surface area contributed by atoms with Crippen LogP contribution in [0.1, 0.15) is 13.8 Å². The Labute approximate surface area is 134 Å². The Morgan fingerprint density at radius 2 is 1.05 bits per heavy atom. The molecule has 4 nitrogen and oxygen atoms in total. The van der Waals surface area contributed by atoms with Crippen LogP contribution in [0.25, 0.3) is 0 Å². The fraction of sp³-hybridized carbons (Fsp3) is 0.571. The minimum absolute atomic E-state index is 0. The Kier molecular flexibility index (Phi) is 13.1. The third-order valence-corrected chi connectivity index (χ3v) is 3.08. The van der Waals surface area contributed by atoms with Gasteiger partial charge in [0.15, 0.2) is 0 Å². The fourth-order valence-electron chi connectivity index (χ4n) is 2.06. The summed E-state index contributed by atoms with van der Waals surface area (Å²) >= 11 is 0. The first kappa shape index (κ1) is 21.6. The molecular formula is C14H26Cl2N2O2. The molecule has 0 aliphatic carbocycles. The van der Waals surface area contributed by atoms with Gasteiger partial charge in [0.2, 0.25) is 0 Å². The molecule has 1 rings (SSSR count). The van der Waals surface area contributed by atoms with Gasteiger partial charge in [-0.05, 0) is 38.1 Å². The highest BCUT2D eigenvalue weighted by Gasteiger charge is 2.06. The van der Waals surface area contributed by atoms with Gasteiger partial charge in [0.1, 0.15) is 0 Å². The Hall–Kier alpha value is -0.680. The number of aliphatic hydroxyl groups excluding tert-OH is 2. The van der Waals surface area contributed by atoms with E-state index in [4.69, 9.17) is 10.2 Å². The number of anilines is 2. The van der Waals surface area contributed by atoms with Crippen molar-refractivity contribution in [2.75, 3.05) is 49.2 Å². The lowest BCUT2D eigenvalue weighted by atomic mass is 10.2. The van der Waals surface area contributed by atoms with Crippen molar-refractivity contribution < 1.29 is 10.2 Å². The third-order valence-electron chi connectivity index (χ3n) is 3.08. The van der Waals surface area contributed by atoms with E-state index >= 15 is 0 Å². The van der Waals surface area contributed by atoms with Gasteiger partial charge in [-0.15, -0.1) is 24.8 Å². The molecule has 0 aromatic heterocycles. The first-order valence-electron chi connectivity index (χ1n) is 6.58. The quantitative estimate of drug-likeness (QED) is 0.769. The van der Waals surface area contributed by atoms with E-state index in [2.05, 4.69) is 47.9 Å². The highest BCUT2D eigenvalue weighted by molar-refractivity contribution is 5.85. The Morgan fingerprint density at radius 1 is 0.750 bits per heavy atom. The molecule has 118 valence electrons. The first-order valence-corrected chi connectivity index (χ1v) is 6.58. The summed E-state index contributed by atoms with van der Waals surface area (Å²) < 4.78 is 0. The summed E-state index contributed by atoms with van der Waals surface area (Å²) in [4.78, 5) is 4.26. The van der Waals surface area contributed by atoms with Crippen molar-refractivity contribution in [3.63, 3.8) is 0 Å². The molecule has 0 radical (unpaired) electrons. The van der Waals surface area contributed by atoms with Crippen molar-refractivity contribution >= 4 is 36.2 Å². The number of nitrogens with zero attached hydrogens (tertiary/aromatic N) is 2. The number of benzene rings is 1. The average Bonchev–Trinajstić information content (AvgIpc) is 2.42. The number of rotatable bonds is 8. The van der Waals surface area contributed by atoms with Gasteiger partial charge in [-0.1, -0.05) is 0 Å². The van der Waals surface area contributed by atoms with Gasteiger partial charge in [0.05, 0.1) is 13.2 Å². The molecule has 0 fully saturated rings. The zero-order chi connectivity index (χ0) is 13.4. The number of likely N-dealkylation sites (N-methyl/N-ethyl adjacent to an activating group) is 2. The highest BCUT2D eigenvalue weighted by Crippen LogP contribution is 2.20. The first-order chi connectivity index (χ1) is 8.76. The van der Waals surface area contributed by atoms with E-state index in [9.17, 15) is 0 Å². The van der Waals surface area contributed by atoms with E-state index in [1.807, 2.05) is 0 Å². The molecule has 0 saturated carbocycles. The topological polar surface area (TPSA) is 46.9 Å². The van der Waals surface area contributed by atoms with Crippen LogP contribution in [0.3, 0.4) is 0 Å². The monoisotopic (exact) mass is 324 g/mol. The van der Waals surface area contributed by atoms with Gasteiger partial charge in [-0.25, -0.2) is 0 Å². The van der Waals surface area contributed by atoms with Crippen molar-refractivity contribution in [2.45, 2.75) is 13.8 Å². The predicted octanol–water partition coefficient (Wildman–Crippen LogP) is 2.17. The van der Waals surface area contributed by atoms with Crippen molar-refractivity contribution in [2.24, 2.45) is 0 Å². The van der Waals surface area contributed by atoms with E-state index in [-0.39, 0.29) is 38.0 Å². The zero-order valence-electron chi connectivity index (χ0n) is 12.2. The maximum absolute atomic E-state index is 9.00. The molecule has 1 aromatic carbocycles. The van der Waals surface area contributed by atoms with Crippen LogP contribution in [0.15, 0.2) is 24.3 Å². The minimum atomic E-state index is 0. The smallest absolute Gasteiger partial charge is 0.0606 e. The summed E-state index contributed by atoms with van der Waals surface area (Å²) in [7, 11) is 0. The summed E-state index contributed by atoms with van der Waals surface area (Å²) in [5, 5.41) is 18.0. The van der Waals surface area contributed by atoms with Crippen molar-refractivity contribution in [1.82, 2.24) is 0 Å². The molecule has 0 unspecified atom stereocenters. The number of hydrogen-bond acceptors (Lipinski definition) is 4. The molecule has 0 spiro atoms. The van der Waals surface area contributed by atoms with E-state index < -0.39 is 0 Å². The molecular weight excluding hydrogens is 299 g/mol. The molecule has 0 bridgehead atoms. The molecule has 20 heavy (non-hydrogen) atoms. The lowest BCUT2D eigenvalue weighted by Gasteiger charge is -2.25. The fourth-order valence-corrected chi connectivity index (χ4v) is 2.06. The largest absolute Gasteiger partial charge is 0.395 e. The Balaban J connectivity index is 0. The summed E-state index contributed by atoms with van der Waals surface area (Å²) in [5.41, 5.74) is 2.24. The molecule has 0 atom stereocenters. The van der Waals surface area contributed by atoms with Gasteiger partial charge in [0, 0.05) is 37.6 Å². The molecule has 0 amide bonds. The van der Waals surface area contributed by atoms with Crippen LogP contribution in [0.4, 0.5) is 11.4 Å². The van der Waals surface area contributed by atoms with Crippen LogP contribution in [0.5, 0.6) is 0 Å². The zero-order valence-corrected chi connectivity index (χ0v) is 13.8. The van der Waals surface area contributed by atoms with E-state index in [1.54, 1.807) is 0 Å². The second-order valence-electron chi connectivity index (χ2n) is 4.12. The van der Waals surface area contributed by atoms with E-state index in [0.717, 1.165) is 24.5 Å². The van der Waals surface area contributed by atoms with E-state index in [1.165, 1.54) is 0 Å². The predicted molar refractivity (Wildman–Crippen MR) is 90.9 cm³/mol. The van der Waals surface area contributed by atoms with Gasteiger partial charge >= 0.3 is 0 Å². The third kappa shape index (κ3) is 6.18. The molecule has 0 aliphatic rings. The molecule has 0 saturated heterocycles. The normalized spacial score (nSPS) is 9.40. The van der Waals surface area contributed by atoms with Gasteiger partial charge in [0.25, 0.3) is 0 Å². The second kappa shape index (κ2) is 12.1. The summed E-state index contributed by atoms with van der Waals surface area (Å²) in [5.74, 6) is 0. The van der Waals surface area contributed by atoms with Crippen LogP contribution >= 0.6 is 24.8 Å². The molecule has 1 aromatic rings. The van der Waals surface area contributed by atoms with Gasteiger partial charge in [-0.2, -0.15) is 0 Å². The lowest BCUT2D eigenvalue weighted by Crippen LogP contribution is -2.27. The second-order valence-corrected chi connectivity index (χ2v) is 4.12. The van der Waals surface area contributed by atoms with Crippen LogP contribution in [-0.2, 0) is 0 Å². The van der Waals surface area contributed by atoms with Crippen LogP contribution in [0.2, 0.25) is 0 Å². The average molecular weight is 325 g/mol. The summed E-state index contributed by atoms with van der Waals surface area (Å²) in [6.45, 7) is 7.57. The number of halogens is 2. The van der Waals surface area contributed by atoms with Crippen molar-refractivity contribution in [3.05, 3.63) is 24.3 Å². The molecule has 6 heteroatoms. The molecule has 0 heterocycles. The van der Waals surface area contributed by atoms with Crippen molar-refractivity contribution in [3.8, 4) is 0 Å².